The van der Waals surface area contributed by atoms with Gasteiger partial charge in [-0.2, -0.15) is 0 Å². The Labute approximate surface area is 168 Å². The monoisotopic (exact) mass is 390 g/mol. The number of benzene rings is 2. The number of carbonyl (C=O) groups excluding carboxylic acids is 1. The topological polar surface area (TPSA) is 64.3 Å². The van der Waals surface area contributed by atoms with Crippen molar-refractivity contribution in [2.24, 2.45) is 5.73 Å². The molecule has 0 heterocycles. The van der Waals surface area contributed by atoms with E-state index in [4.69, 9.17) is 10.5 Å². The van der Waals surface area contributed by atoms with Gasteiger partial charge in [-0.15, -0.1) is 12.4 Å². The maximum absolute atomic E-state index is 12.1. The van der Waals surface area contributed by atoms with Crippen molar-refractivity contribution in [3.05, 3.63) is 59.7 Å². The van der Waals surface area contributed by atoms with Crippen molar-refractivity contribution in [1.29, 1.82) is 0 Å². The molecule has 2 aromatic carbocycles. The van der Waals surface area contributed by atoms with Gasteiger partial charge in [-0.25, -0.2) is 0 Å². The molecule has 2 rings (SSSR count). The Morgan fingerprint density at radius 3 is 2.44 bits per heavy atom. The van der Waals surface area contributed by atoms with Crippen LogP contribution < -0.4 is 15.8 Å². The van der Waals surface area contributed by atoms with Gasteiger partial charge < -0.3 is 15.8 Å². The number of amides is 1. The number of nitrogens with one attached hydrogen (secondary N) is 1. The fourth-order valence-corrected chi connectivity index (χ4v) is 2.84. The summed E-state index contributed by atoms with van der Waals surface area (Å²) >= 11 is 0. The third-order valence-corrected chi connectivity index (χ3v) is 4.41. The molecule has 0 fully saturated rings. The second kappa shape index (κ2) is 12.4. The first kappa shape index (κ1) is 23.0. The molecule has 1 unspecified atom stereocenters. The quantitative estimate of drug-likeness (QED) is 0.533. The van der Waals surface area contributed by atoms with Crippen molar-refractivity contribution in [2.45, 2.75) is 52.1 Å². The van der Waals surface area contributed by atoms with Crippen LogP contribution in [0.15, 0.2) is 48.5 Å². The highest BCUT2D eigenvalue weighted by molar-refractivity contribution is 5.91. The van der Waals surface area contributed by atoms with Crippen LogP contribution in [-0.4, -0.2) is 12.5 Å². The minimum absolute atomic E-state index is 0. The van der Waals surface area contributed by atoms with Crippen molar-refractivity contribution >= 4 is 24.0 Å². The Kier molecular flexibility index (Phi) is 10.5. The van der Waals surface area contributed by atoms with Crippen LogP contribution >= 0.6 is 12.4 Å². The van der Waals surface area contributed by atoms with Gasteiger partial charge in [0, 0.05) is 12.1 Å². The van der Waals surface area contributed by atoms with E-state index < -0.39 is 0 Å². The van der Waals surface area contributed by atoms with E-state index in [-0.39, 0.29) is 24.4 Å². The van der Waals surface area contributed by atoms with E-state index in [1.54, 1.807) is 0 Å². The number of nitrogens with two attached hydrogens (primary N) is 1. The summed E-state index contributed by atoms with van der Waals surface area (Å²) in [4.78, 5) is 12.1. The molecule has 0 bridgehead atoms. The molecular formula is C22H31ClN2O2. The van der Waals surface area contributed by atoms with E-state index in [9.17, 15) is 4.79 Å². The second-order valence-electron chi connectivity index (χ2n) is 6.65. The highest BCUT2D eigenvalue weighted by atomic mass is 35.5. The number of anilines is 1. The zero-order valence-corrected chi connectivity index (χ0v) is 17.1. The number of aryl methyl sites for hydroxylation is 1. The average molecular weight is 391 g/mol. The molecule has 0 aliphatic rings. The van der Waals surface area contributed by atoms with Gasteiger partial charge >= 0.3 is 0 Å². The predicted molar refractivity (Wildman–Crippen MR) is 115 cm³/mol. The van der Waals surface area contributed by atoms with Crippen molar-refractivity contribution in [3.63, 3.8) is 0 Å². The van der Waals surface area contributed by atoms with Gasteiger partial charge in [0.1, 0.15) is 11.9 Å². The minimum atomic E-state index is -0.0236. The summed E-state index contributed by atoms with van der Waals surface area (Å²) in [6.45, 7) is 4.74. The first-order chi connectivity index (χ1) is 12.6. The Hall–Kier alpha value is -2.04. The molecule has 0 spiro atoms. The van der Waals surface area contributed by atoms with Crippen molar-refractivity contribution in [1.82, 2.24) is 0 Å². The molecule has 148 valence electrons. The molecule has 2 aromatic rings. The third-order valence-electron chi connectivity index (χ3n) is 4.41. The molecule has 0 aliphatic heterocycles. The van der Waals surface area contributed by atoms with E-state index in [0.717, 1.165) is 54.8 Å². The van der Waals surface area contributed by atoms with Gasteiger partial charge in [-0.05, 0) is 62.6 Å². The fourth-order valence-electron chi connectivity index (χ4n) is 2.84. The lowest BCUT2D eigenvalue weighted by atomic mass is 10.1. The van der Waals surface area contributed by atoms with Gasteiger partial charge in [-0.1, -0.05) is 43.2 Å². The number of rotatable bonds is 10. The molecule has 1 atom stereocenters. The van der Waals surface area contributed by atoms with Gasteiger partial charge in [0.25, 0.3) is 0 Å². The molecular weight excluding hydrogens is 360 g/mol. The molecule has 0 saturated heterocycles. The standard InChI is InChI=1S/C22H30N2O2.ClH/c1-17-16-20(26-18(2)19-10-6-5-7-11-19)13-14-21(17)24-22(25)12-8-3-4-9-15-23;/h5-7,10-11,13-14,16,18H,3-4,8-9,12,15,23H2,1-2H3,(H,24,25);1H. The largest absolute Gasteiger partial charge is 0.486 e. The summed E-state index contributed by atoms with van der Waals surface area (Å²) in [5.41, 5.74) is 8.45. The van der Waals surface area contributed by atoms with Crippen LogP contribution in [0.3, 0.4) is 0 Å². The van der Waals surface area contributed by atoms with Gasteiger partial charge in [0.05, 0.1) is 0 Å². The summed E-state index contributed by atoms with van der Waals surface area (Å²) in [6, 6.07) is 15.9. The number of hydrogen-bond donors (Lipinski definition) is 2. The fraction of sp³-hybridized carbons (Fsp3) is 0.409. The lowest BCUT2D eigenvalue weighted by molar-refractivity contribution is -0.116. The molecule has 3 N–H and O–H groups in total. The molecule has 5 heteroatoms. The second-order valence-corrected chi connectivity index (χ2v) is 6.65. The summed E-state index contributed by atoms with van der Waals surface area (Å²) < 4.78 is 6.02. The lowest BCUT2D eigenvalue weighted by Crippen LogP contribution is -2.12. The van der Waals surface area contributed by atoms with E-state index >= 15 is 0 Å². The minimum Gasteiger partial charge on any atom is -0.486 e. The Morgan fingerprint density at radius 2 is 1.78 bits per heavy atom. The van der Waals surface area contributed by atoms with Crippen LogP contribution in [0.25, 0.3) is 0 Å². The van der Waals surface area contributed by atoms with Crippen molar-refractivity contribution in [2.75, 3.05) is 11.9 Å². The Balaban J connectivity index is 0.00000364. The maximum Gasteiger partial charge on any atom is 0.224 e. The first-order valence-electron chi connectivity index (χ1n) is 9.42. The smallest absolute Gasteiger partial charge is 0.224 e. The highest BCUT2D eigenvalue weighted by Crippen LogP contribution is 2.26. The number of ether oxygens (including phenoxy) is 1. The highest BCUT2D eigenvalue weighted by Gasteiger charge is 2.09. The third kappa shape index (κ3) is 8.02. The van der Waals surface area contributed by atoms with Crippen LogP contribution in [0.4, 0.5) is 5.69 Å². The molecule has 1 amide bonds. The number of carbonyl (C=O) groups is 1. The molecule has 0 radical (unpaired) electrons. The SMILES string of the molecule is Cc1cc(OC(C)c2ccccc2)ccc1NC(=O)CCCCCCN.Cl. The average Bonchev–Trinajstić information content (AvgIpc) is 2.64. The van der Waals surface area contributed by atoms with E-state index in [1.165, 1.54) is 0 Å². The number of halogens is 1. The van der Waals surface area contributed by atoms with Crippen LogP contribution in [0.1, 0.15) is 56.3 Å². The van der Waals surface area contributed by atoms with E-state index in [1.807, 2.05) is 50.2 Å². The molecule has 27 heavy (non-hydrogen) atoms. The number of unbranched alkanes of at least 4 members (excludes halogenated alkanes) is 3. The Morgan fingerprint density at radius 1 is 1.07 bits per heavy atom. The molecule has 0 aromatic heterocycles. The van der Waals surface area contributed by atoms with Crippen LogP contribution in [-0.2, 0) is 4.79 Å². The van der Waals surface area contributed by atoms with Gasteiger partial charge in [0.15, 0.2) is 0 Å². The van der Waals surface area contributed by atoms with Gasteiger partial charge in [-0.3, -0.25) is 4.79 Å². The zero-order chi connectivity index (χ0) is 18.8. The summed E-state index contributed by atoms with van der Waals surface area (Å²) in [6.07, 6.45) is 4.60. The van der Waals surface area contributed by atoms with E-state index in [0.29, 0.717) is 6.42 Å². The maximum atomic E-state index is 12.1. The summed E-state index contributed by atoms with van der Waals surface area (Å²) in [5.74, 6) is 0.866. The molecule has 0 aliphatic carbocycles. The van der Waals surface area contributed by atoms with Crippen LogP contribution in [0.5, 0.6) is 5.75 Å². The van der Waals surface area contributed by atoms with Crippen molar-refractivity contribution in [3.8, 4) is 5.75 Å². The van der Waals surface area contributed by atoms with Crippen molar-refractivity contribution < 1.29 is 9.53 Å². The normalized spacial score (nSPS) is 11.4. The Bertz CT molecular complexity index is 692. The van der Waals surface area contributed by atoms with Crippen LogP contribution in [0.2, 0.25) is 0 Å². The van der Waals surface area contributed by atoms with E-state index in [2.05, 4.69) is 17.4 Å². The molecule has 0 saturated carbocycles. The number of hydrogen-bond acceptors (Lipinski definition) is 3. The van der Waals surface area contributed by atoms with Crippen LogP contribution in [0, 0.1) is 6.92 Å². The first-order valence-corrected chi connectivity index (χ1v) is 9.42. The zero-order valence-electron chi connectivity index (χ0n) is 16.2. The molecule has 4 nitrogen and oxygen atoms in total. The summed E-state index contributed by atoms with van der Waals surface area (Å²) in [7, 11) is 0. The lowest BCUT2D eigenvalue weighted by Gasteiger charge is -2.16. The summed E-state index contributed by atoms with van der Waals surface area (Å²) in [5, 5.41) is 2.99. The predicted octanol–water partition coefficient (Wildman–Crippen LogP) is 5.40. The van der Waals surface area contributed by atoms with Gasteiger partial charge in [0.2, 0.25) is 5.91 Å².